The molecule has 1 aromatic rings. The minimum Gasteiger partial charge on any atom is -0.357 e. The van der Waals surface area contributed by atoms with Gasteiger partial charge in [0.15, 0.2) is 5.96 Å². The van der Waals surface area contributed by atoms with Gasteiger partial charge in [-0.05, 0) is 51.8 Å². The number of likely N-dealkylation sites (tertiary alicyclic amines) is 1. The highest BCUT2D eigenvalue weighted by Gasteiger charge is 2.34. The summed E-state index contributed by atoms with van der Waals surface area (Å²) in [4.78, 5) is 33.4. The van der Waals surface area contributed by atoms with Gasteiger partial charge >= 0.3 is 0 Å². The average Bonchev–Trinajstić information content (AvgIpc) is 2.97. The van der Waals surface area contributed by atoms with Gasteiger partial charge in [-0.25, -0.2) is 0 Å². The minimum absolute atomic E-state index is 0. The zero-order valence-electron chi connectivity index (χ0n) is 18.0. The van der Waals surface area contributed by atoms with Crippen LogP contribution in [-0.2, 0) is 0 Å². The topological polar surface area (TPSA) is 77.0 Å². The van der Waals surface area contributed by atoms with E-state index in [1.165, 1.54) is 30.7 Å². The highest BCUT2D eigenvalue weighted by molar-refractivity contribution is 14.0. The van der Waals surface area contributed by atoms with Crippen LogP contribution in [0.3, 0.4) is 0 Å². The smallest absolute Gasteiger partial charge is 0.261 e. The van der Waals surface area contributed by atoms with E-state index in [0.29, 0.717) is 30.3 Å². The van der Waals surface area contributed by atoms with Gasteiger partial charge in [-0.2, -0.15) is 0 Å². The number of aliphatic imine (C=N–C) groups is 1. The van der Waals surface area contributed by atoms with E-state index in [-0.39, 0.29) is 35.8 Å². The maximum atomic E-state index is 12.4. The lowest BCUT2D eigenvalue weighted by Gasteiger charge is -2.33. The molecule has 2 N–H and O–H groups in total. The van der Waals surface area contributed by atoms with Crippen molar-refractivity contribution in [2.45, 2.75) is 45.6 Å². The van der Waals surface area contributed by atoms with E-state index in [4.69, 9.17) is 0 Å². The van der Waals surface area contributed by atoms with E-state index in [1.54, 1.807) is 24.3 Å². The summed E-state index contributed by atoms with van der Waals surface area (Å²) >= 11 is 0. The Bertz CT molecular complexity index is 720. The summed E-state index contributed by atoms with van der Waals surface area (Å²) in [6.45, 7) is 8.93. The molecule has 2 heterocycles. The second-order valence-electron chi connectivity index (χ2n) is 7.73. The van der Waals surface area contributed by atoms with Gasteiger partial charge in [-0.1, -0.05) is 18.6 Å². The molecule has 2 aliphatic heterocycles. The highest BCUT2D eigenvalue weighted by Crippen LogP contribution is 2.21. The molecule has 2 aliphatic rings. The second kappa shape index (κ2) is 12.2. The third-order valence-electron chi connectivity index (χ3n) is 5.66. The summed E-state index contributed by atoms with van der Waals surface area (Å²) in [6.07, 6.45) is 4.97. The summed E-state index contributed by atoms with van der Waals surface area (Å²) in [5, 5.41) is 6.47. The molecule has 30 heavy (non-hydrogen) atoms. The third kappa shape index (κ3) is 6.16. The Morgan fingerprint density at radius 2 is 1.80 bits per heavy atom. The predicted molar refractivity (Wildman–Crippen MR) is 131 cm³/mol. The Balaban J connectivity index is 0.00000320. The molecular formula is C22H34IN5O2. The van der Waals surface area contributed by atoms with Crippen LogP contribution in [0.25, 0.3) is 0 Å². The molecule has 0 spiro atoms. The number of fused-ring (bicyclic) bond motifs is 1. The zero-order valence-corrected chi connectivity index (χ0v) is 20.4. The molecule has 166 valence electrons. The van der Waals surface area contributed by atoms with Gasteiger partial charge < -0.3 is 15.5 Å². The normalized spacial score (nSPS) is 19.5. The number of benzene rings is 1. The molecule has 1 unspecified atom stereocenters. The number of rotatable bonds is 8. The third-order valence-corrected chi connectivity index (χ3v) is 5.66. The van der Waals surface area contributed by atoms with Gasteiger partial charge in [0.2, 0.25) is 0 Å². The Hall–Kier alpha value is -1.68. The molecule has 3 rings (SSSR count). The van der Waals surface area contributed by atoms with Crippen LogP contribution in [0, 0.1) is 0 Å². The van der Waals surface area contributed by atoms with E-state index in [9.17, 15) is 9.59 Å². The molecule has 1 aromatic carbocycles. The van der Waals surface area contributed by atoms with Crippen LogP contribution >= 0.6 is 24.0 Å². The molecule has 2 amide bonds. The number of piperidine rings is 1. The number of amides is 2. The van der Waals surface area contributed by atoms with Crippen LogP contribution < -0.4 is 10.6 Å². The molecule has 0 saturated carbocycles. The number of guanidine groups is 1. The summed E-state index contributed by atoms with van der Waals surface area (Å²) < 4.78 is 0. The number of imide groups is 1. The van der Waals surface area contributed by atoms with Gasteiger partial charge in [-0.15, -0.1) is 24.0 Å². The fraction of sp³-hybridized carbons (Fsp3) is 0.591. The summed E-state index contributed by atoms with van der Waals surface area (Å²) in [5.74, 6) is 0.297. The van der Waals surface area contributed by atoms with Crippen molar-refractivity contribution >= 4 is 41.8 Å². The molecule has 0 aliphatic carbocycles. The Labute approximate surface area is 196 Å². The van der Waals surface area contributed by atoms with Crippen LogP contribution in [0.1, 0.15) is 60.2 Å². The Morgan fingerprint density at radius 1 is 1.10 bits per heavy atom. The summed E-state index contributed by atoms with van der Waals surface area (Å²) in [5.41, 5.74) is 0.982. The number of nitrogens with zero attached hydrogens (tertiary/aromatic N) is 3. The minimum atomic E-state index is -0.218. The van der Waals surface area contributed by atoms with E-state index in [2.05, 4.69) is 27.4 Å². The zero-order chi connectivity index (χ0) is 20.6. The monoisotopic (exact) mass is 527 g/mol. The molecular weight excluding hydrogens is 493 g/mol. The first kappa shape index (κ1) is 24.6. The number of carbonyl (C=O) groups excluding carboxylic acids is 2. The van der Waals surface area contributed by atoms with E-state index in [0.717, 1.165) is 32.0 Å². The van der Waals surface area contributed by atoms with Crippen LogP contribution in [0.15, 0.2) is 29.3 Å². The number of halogens is 1. The van der Waals surface area contributed by atoms with Crippen LogP contribution in [-0.4, -0.2) is 72.9 Å². The maximum Gasteiger partial charge on any atom is 0.261 e. The molecule has 1 atom stereocenters. The Kier molecular flexibility index (Phi) is 10.0. The van der Waals surface area contributed by atoms with Gasteiger partial charge in [0.25, 0.3) is 11.8 Å². The molecule has 0 bridgehead atoms. The number of nitrogens with one attached hydrogen (secondary N) is 2. The predicted octanol–water partition coefficient (Wildman–Crippen LogP) is 2.72. The molecule has 1 saturated heterocycles. The SMILES string of the molecule is CCNC(=NCCCN1CCCCC1C)NCCN1C(=O)c2ccccc2C1=O.I. The number of hydrogen-bond donors (Lipinski definition) is 2. The first-order valence-corrected chi connectivity index (χ1v) is 10.8. The first-order chi connectivity index (χ1) is 14.1. The van der Waals surface area contributed by atoms with E-state index < -0.39 is 0 Å². The van der Waals surface area contributed by atoms with Crippen molar-refractivity contribution in [2.75, 3.05) is 39.3 Å². The lowest BCUT2D eigenvalue weighted by Crippen LogP contribution is -2.43. The first-order valence-electron chi connectivity index (χ1n) is 10.8. The molecule has 8 heteroatoms. The molecule has 1 fully saturated rings. The molecule has 7 nitrogen and oxygen atoms in total. The van der Waals surface area contributed by atoms with Gasteiger partial charge in [0.1, 0.15) is 0 Å². The van der Waals surface area contributed by atoms with Crippen molar-refractivity contribution in [3.63, 3.8) is 0 Å². The number of hydrogen-bond acceptors (Lipinski definition) is 4. The standard InChI is InChI=1S/C22H33N5O2.HI/c1-3-23-22(24-12-8-15-26-14-7-6-9-17(26)2)25-13-16-27-20(28)18-10-4-5-11-19(18)21(27)29;/h4-5,10-11,17H,3,6-9,12-16H2,1-2H3,(H2,23,24,25);1H. The second-order valence-corrected chi connectivity index (χ2v) is 7.73. The Morgan fingerprint density at radius 3 is 2.43 bits per heavy atom. The molecule has 0 radical (unpaired) electrons. The van der Waals surface area contributed by atoms with Crippen LogP contribution in [0.2, 0.25) is 0 Å². The van der Waals surface area contributed by atoms with Crippen molar-refractivity contribution < 1.29 is 9.59 Å². The number of carbonyl (C=O) groups is 2. The average molecular weight is 527 g/mol. The van der Waals surface area contributed by atoms with Crippen molar-refractivity contribution in [3.05, 3.63) is 35.4 Å². The van der Waals surface area contributed by atoms with Gasteiger partial charge in [0.05, 0.1) is 11.1 Å². The van der Waals surface area contributed by atoms with E-state index >= 15 is 0 Å². The van der Waals surface area contributed by atoms with Crippen molar-refractivity contribution in [1.82, 2.24) is 20.4 Å². The summed E-state index contributed by atoms with van der Waals surface area (Å²) in [6, 6.07) is 7.66. The lowest BCUT2D eigenvalue weighted by atomic mass is 10.0. The van der Waals surface area contributed by atoms with Crippen molar-refractivity contribution in [3.8, 4) is 0 Å². The van der Waals surface area contributed by atoms with Crippen molar-refractivity contribution in [2.24, 2.45) is 4.99 Å². The fourth-order valence-corrected chi connectivity index (χ4v) is 4.02. The summed E-state index contributed by atoms with van der Waals surface area (Å²) in [7, 11) is 0. The largest absolute Gasteiger partial charge is 0.357 e. The highest BCUT2D eigenvalue weighted by atomic mass is 127. The fourth-order valence-electron chi connectivity index (χ4n) is 4.02. The maximum absolute atomic E-state index is 12.4. The lowest BCUT2D eigenvalue weighted by molar-refractivity contribution is 0.0657. The van der Waals surface area contributed by atoms with E-state index in [1.807, 2.05) is 6.92 Å². The van der Waals surface area contributed by atoms with Crippen LogP contribution in [0.5, 0.6) is 0 Å². The van der Waals surface area contributed by atoms with Gasteiger partial charge in [-0.3, -0.25) is 19.5 Å². The van der Waals surface area contributed by atoms with Crippen molar-refractivity contribution in [1.29, 1.82) is 0 Å². The van der Waals surface area contributed by atoms with Crippen LogP contribution in [0.4, 0.5) is 0 Å². The quantitative estimate of drug-likeness (QED) is 0.179. The van der Waals surface area contributed by atoms with Gasteiger partial charge in [0, 0.05) is 38.8 Å². The molecule has 0 aromatic heterocycles.